The van der Waals surface area contributed by atoms with E-state index in [0.717, 1.165) is 16.9 Å². The summed E-state index contributed by atoms with van der Waals surface area (Å²) in [5, 5.41) is 0. The van der Waals surface area contributed by atoms with Crippen molar-refractivity contribution in [1.29, 1.82) is 0 Å². The highest BCUT2D eigenvalue weighted by molar-refractivity contribution is 5.98. The molecule has 0 heterocycles. The van der Waals surface area contributed by atoms with Gasteiger partial charge in [0.05, 0.1) is 7.11 Å². The molecule has 0 aliphatic carbocycles. The first-order valence-corrected chi connectivity index (χ1v) is 6.33. The van der Waals surface area contributed by atoms with Crippen molar-refractivity contribution in [1.82, 2.24) is 0 Å². The van der Waals surface area contributed by atoms with Gasteiger partial charge in [0, 0.05) is 12.0 Å². The van der Waals surface area contributed by atoms with Gasteiger partial charge >= 0.3 is 0 Å². The van der Waals surface area contributed by atoms with Crippen molar-refractivity contribution >= 4 is 5.78 Å². The van der Waals surface area contributed by atoms with Gasteiger partial charge in [-0.3, -0.25) is 4.79 Å². The molecule has 0 aliphatic rings. The van der Waals surface area contributed by atoms with Crippen LogP contribution >= 0.6 is 0 Å². The predicted octanol–water partition coefficient (Wildman–Crippen LogP) is 3.74. The molecule has 0 fully saturated rings. The zero-order chi connectivity index (χ0) is 13.8. The molecule has 0 atom stereocenters. The van der Waals surface area contributed by atoms with Crippen molar-refractivity contribution in [2.75, 3.05) is 7.11 Å². The molecule has 0 N–H and O–H groups in total. The van der Waals surface area contributed by atoms with E-state index in [9.17, 15) is 4.79 Å². The van der Waals surface area contributed by atoms with E-state index in [-0.39, 0.29) is 5.78 Å². The second-order valence-corrected chi connectivity index (χ2v) is 4.77. The van der Waals surface area contributed by atoms with E-state index in [4.69, 9.17) is 4.74 Å². The van der Waals surface area contributed by atoms with Crippen LogP contribution in [0.1, 0.15) is 27.0 Å². The molecule has 0 bridgehead atoms. The van der Waals surface area contributed by atoms with Gasteiger partial charge in [0.25, 0.3) is 0 Å². The lowest BCUT2D eigenvalue weighted by atomic mass is 10.0. The van der Waals surface area contributed by atoms with Crippen LogP contribution in [0.2, 0.25) is 0 Å². The zero-order valence-corrected chi connectivity index (χ0v) is 11.6. The van der Waals surface area contributed by atoms with Crippen LogP contribution in [-0.4, -0.2) is 12.9 Å². The van der Waals surface area contributed by atoms with Crippen molar-refractivity contribution in [2.45, 2.75) is 20.3 Å². The van der Waals surface area contributed by atoms with E-state index in [1.165, 1.54) is 5.56 Å². The number of rotatable bonds is 4. The molecule has 0 aliphatic heterocycles. The highest BCUT2D eigenvalue weighted by atomic mass is 16.5. The summed E-state index contributed by atoms with van der Waals surface area (Å²) in [5.74, 6) is 0.874. The SMILES string of the molecule is COc1cc(C(=O)Cc2cccc(C)c2)ccc1C. The van der Waals surface area contributed by atoms with Crippen molar-refractivity contribution < 1.29 is 9.53 Å². The van der Waals surface area contributed by atoms with E-state index < -0.39 is 0 Å². The Balaban J connectivity index is 2.20. The fourth-order valence-electron chi connectivity index (χ4n) is 2.10. The minimum Gasteiger partial charge on any atom is -0.496 e. The number of ketones is 1. The van der Waals surface area contributed by atoms with Crippen LogP contribution in [0.25, 0.3) is 0 Å². The van der Waals surface area contributed by atoms with Gasteiger partial charge in [0.1, 0.15) is 5.75 Å². The largest absolute Gasteiger partial charge is 0.496 e. The Labute approximate surface area is 114 Å². The first-order chi connectivity index (χ1) is 9.10. The average molecular weight is 254 g/mol. The number of hydrogen-bond donors (Lipinski definition) is 0. The zero-order valence-electron chi connectivity index (χ0n) is 11.6. The molecule has 0 aromatic heterocycles. The Morgan fingerprint density at radius 3 is 2.58 bits per heavy atom. The summed E-state index contributed by atoms with van der Waals surface area (Å²) in [4.78, 5) is 12.2. The fraction of sp³-hybridized carbons (Fsp3) is 0.235. The fourth-order valence-corrected chi connectivity index (χ4v) is 2.10. The molecule has 0 saturated carbocycles. The molecule has 0 saturated heterocycles. The molecule has 2 rings (SSSR count). The van der Waals surface area contributed by atoms with Gasteiger partial charge < -0.3 is 4.74 Å². The lowest BCUT2D eigenvalue weighted by Gasteiger charge is -2.07. The highest BCUT2D eigenvalue weighted by Crippen LogP contribution is 2.20. The smallest absolute Gasteiger partial charge is 0.167 e. The minimum atomic E-state index is 0.115. The lowest BCUT2D eigenvalue weighted by molar-refractivity contribution is 0.0992. The summed E-state index contributed by atoms with van der Waals surface area (Å²) < 4.78 is 5.25. The standard InChI is InChI=1S/C17H18O2/c1-12-5-4-6-14(9-12)10-16(18)15-8-7-13(2)17(11-15)19-3/h4-9,11H,10H2,1-3H3. The molecule has 0 radical (unpaired) electrons. The molecule has 19 heavy (non-hydrogen) atoms. The molecule has 2 aromatic carbocycles. The highest BCUT2D eigenvalue weighted by Gasteiger charge is 2.09. The monoisotopic (exact) mass is 254 g/mol. The molecule has 0 unspecified atom stereocenters. The number of aryl methyl sites for hydroxylation is 2. The lowest BCUT2D eigenvalue weighted by Crippen LogP contribution is -2.04. The van der Waals surface area contributed by atoms with Crippen molar-refractivity contribution in [3.8, 4) is 5.75 Å². The van der Waals surface area contributed by atoms with Crippen LogP contribution in [0.3, 0.4) is 0 Å². The Morgan fingerprint density at radius 2 is 1.89 bits per heavy atom. The molecular weight excluding hydrogens is 236 g/mol. The van der Waals surface area contributed by atoms with Crippen molar-refractivity contribution in [3.05, 3.63) is 64.7 Å². The molecular formula is C17H18O2. The maximum absolute atomic E-state index is 12.2. The third-order valence-corrected chi connectivity index (χ3v) is 3.18. The summed E-state index contributed by atoms with van der Waals surface area (Å²) in [7, 11) is 1.62. The molecule has 98 valence electrons. The van der Waals surface area contributed by atoms with E-state index in [2.05, 4.69) is 0 Å². The van der Waals surface area contributed by atoms with E-state index in [1.807, 2.05) is 56.3 Å². The Kier molecular flexibility index (Phi) is 4.00. The Morgan fingerprint density at radius 1 is 1.11 bits per heavy atom. The number of carbonyl (C=O) groups excluding carboxylic acids is 1. The summed E-state index contributed by atoms with van der Waals surface area (Å²) in [6.07, 6.45) is 0.424. The maximum atomic E-state index is 12.2. The van der Waals surface area contributed by atoms with Crippen molar-refractivity contribution in [3.63, 3.8) is 0 Å². The number of Topliss-reactive ketones (excluding diaryl/α,β-unsaturated/α-hetero) is 1. The first-order valence-electron chi connectivity index (χ1n) is 6.33. The Hall–Kier alpha value is -2.09. The normalized spacial score (nSPS) is 10.3. The van der Waals surface area contributed by atoms with Crippen LogP contribution in [0.4, 0.5) is 0 Å². The third-order valence-electron chi connectivity index (χ3n) is 3.18. The molecule has 2 aromatic rings. The summed E-state index contributed by atoms with van der Waals surface area (Å²) in [6, 6.07) is 13.6. The van der Waals surface area contributed by atoms with Gasteiger partial charge in [0.15, 0.2) is 5.78 Å². The van der Waals surface area contributed by atoms with Crippen molar-refractivity contribution in [2.24, 2.45) is 0 Å². The number of hydrogen-bond acceptors (Lipinski definition) is 2. The van der Waals surface area contributed by atoms with Crippen LogP contribution in [0, 0.1) is 13.8 Å². The van der Waals surface area contributed by atoms with E-state index >= 15 is 0 Å². The third kappa shape index (κ3) is 3.22. The predicted molar refractivity (Wildman–Crippen MR) is 76.9 cm³/mol. The first kappa shape index (κ1) is 13.3. The quantitative estimate of drug-likeness (QED) is 0.777. The Bertz CT molecular complexity index is 600. The second kappa shape index (κ2) is 5.70. The molecule has 0 spiro atoms. The van der Waals surface area contributed by atoms with E-state index in [0.29, 0.717) is 12.0 Å². The number of ether oxygens (including phenoxy) is 1. The van der Waals surface area contributed by atoms with Gasteiger partial charge in [-0.2, -0.15) is 0 Å². The number of methoxy groups -OCH3 is 1. The number of benzene rings is 2. The summed E-state index contributed by atoms with van der Waals surface area (Å²) in [6.45, 7) is 4.00. The molecule has 2 heteroatoms. The molecule has 2 nitrogen and oxygen atoms in total. The van der Waals surface area contributed by atoms with Crippen LogP contribution in [-0.2, 0) is 6.42 Å². The van der Waals surface area contributed by atoms with Gasteiger partial charge in [-0.25, -0.2) is 0 Å². The number of carbonyl (C=O) groups is 1. The minimum absolute atomic E-state index is 0.115. The maximum Gasteiger partial charge on any atom is 0.167 e. The second-order valence-electron chi connectivity index (χ2n) is 4.77. The van der Waals surface area contributed by atoms with Gasteiger partial charge in [-0.15, -0.1) is 0 Å². The van der Waals surface area contributed by atoms with Crippen LogP contribution < -0.4 is 4.74 Å². The average Bonchev–Trinajstić information content (AvgIpc) is 2.39. The van der Waals surface area contributed by atoms with Crippen LogP contribution in [0.15, 0.2) is 42.5 Å². The summed E-state index contributed by atoms with van der Waals surface area (Å²) in [5.41, 5.74) is 3.95. The topological polar surface area (TPSA) is 26.3 Å². The van der Waals surface area contributed by atoms with Gasteiger partial charge in [0.2, 0.25) is 0 Å². The van der Waals surface area contributed by atoms with Crippen LogP contribution in [0.5, 0.6) is 5.75 Å². The summed E-state index contributed by atoms with van der Waals surface area (Å²) >= 11 is 0. The van der Waals surface area contributed by atoms with E-state index in [1.54, 1.807) is 7.11 Å². The van der Waals surface area contributed by atoms with Gasteiger partial charge in [-0.05, 0) is 31.0 Å². The molecule has 0 amide bonds. The van der Waals surface area contributed by atoms with Gasteiger partial charge in [-0.1, -0.05) is 42.0 Å².